The van der Waals surface area contributed by atoms with Crippen LogP contribution in [0.4, 0.5) is 0 Å². The van der Waals surface area contributed by atoms with Gasteiger partial charge in [0.2, 0.25) is 10.0 Å². The van der Waals surface area contributed by atoms with Crippen molar-refractivity contribution in [2.45, 2.75) is 18.6 Å². The van der Waals surface area contributed by atoms with E-state index in [1.165, 1.54) is 4.31 Å². The van der Waals surface area contributed by atoms with Gasteiger partial charge in [-0.15, -0.1) is 0 Å². The Morgan fingerprint density at radius 2 is 1.95 bits per heavy atom. The van der Waals surface area contributed by atoms with Crippen LogP contribution in [-0.4, -0.2) is 105 Å². The summed E-state index contributed by atoms with van der Waals surface area (Å²) in [6.07, 6.45) is -0.00526. The van der Waals surface area contributed by atoms with E-state index in [0.29, 0.717) is 19.5 Å². The van der Waals surface area contributed by atoms with Crippen LogP contribution in [0.15, 0.2) is 0 Å². The number of aliphatic hydroxyl groups is 1. The Kier molecular flexibility index (Phi) is 5.98. The Bertz CT molecular complexity index is 423. The molecule has 0 aromatic carbocycles. The average molecular weight is 320 g/mol. The highest BCUT2D eigenvalue weighted by molar-refractivity contribution is 7.89. The van der Waals surface area contributed by atoms with Crippen LogP contribution >= 0.6 is 0 Å². The summed E-state index contributed by atoms with van der Waals surface area (Å²) in [6.45, 7) is 5.12. The van der Waals surface area contributed by atoms with E-state index >= 15 is 0 Å². The van der Waals surface area contributed by atoms with Gasteiger partial charge >= 0.3 is 0 Å². The van der Waals surface area contributed by atoms with Crippen molar-refractivity contribution in [1.82, 2.24) is 19.4 Å². The van der Waals surface area contributed by atoms with Gasteiger partial charge in [0.05, 0.1) is 11.9 Å². The summed E-state index contributed by atoms with van der Waals surface area (Å²) < 4.78 is 26.6. The van der Waals surface area contributed by atoms with Crippen molar-refractivity contribution in [1.29, 1.82) is 0 Å². The van der Waals surface area contributed by atoms with Crippen molar-refractivity contribution in [3.63, 3.8) is 0 Å². The third-order valence-electron chi connectivity index (χ3n) is 4.15. The Morgan fingerprint density at radius 1 is 1.29 bits per heavy atom. The SMILES string of the molecule is CN(C)CC1CC(O)CN1S(=O)(=O)CCN1CCNCC1. The molecule has 0 radical (unpaired) electrons. The van der Waals surface area contributed by atoms with Crippen molar-refractivity contribution in [2.24, 2.45) is 0 Å². The molecular weight excluding hydrogens is 292 g/mol. The predicted octanol–water partition coefficient (Wildman–Crippen LogP) is -1.78. The van der Waals surface area contributed by atoms with Crippen LogP contribution in [0.5, 0.6) is 0 Å². The van der Waals surface area contributed by atoms with Crippen molar-refractivity contribution in [2.75, 3.05) is 65.7 Å². The first-order valence-corrected chi connectivity index (χ1v) is 9.25. The molecule has 0 aromatic rings. The molecule has 2 unspecified atom stereocenters. The van der Waals surface area contributed by atoms with E-state index in [-0.39, 0.29) is 18.3 Å². The second kappa shape index (κ2) is 7.34. The minimum Gasteiger partial charge on any atom is -0.392 e. The molecule has 124 valence electrons. The number of likely N-dealkylation sites (N-methyl/N-ethyl adjacent to an activating group) is 1. The largest absolute Gasteiger partial charge is 0.392 e. The summed E-state index contributed by atoms with van der Waals surface area (Å²) in [4.78, 5) is 4.16. The van der Waals surface area contributed by atoms with Crippen molar-refractivity contribution >= 4 is 10.0 Å². The Labute approximate surface area is 127 Å². The number of aliphatic hydroxyl groups excluding tert-OH is 1. The topological polar surface area (TPSA) is 76.1 Å². The number of nitrogens with one attached hydrogen (secondary N) is 1. The number of β-amino-alcohol motifs (C(OH)–C–C–N with tert-alkyl or cyclic N) is 1. The van der Waals surface area contributed by atoms with E-state index in [2.05, 4.69) is 10.2 Å². The van der Waals surface area contributed by atoms with Gasteiger partial charge in [0.15, 0.2) is 0 Å². The molecule has 0 saturated carbocycles. The molecule has 8 heteroatoms. The van der Waals surface area contributed by atoms with Crippen LogP contribution in [0.25, 0.3) is 0 Å². The lowest BCUT2D eigenvalue weighted by atomic mass is 10.2. The molecule has 0 aromatic heterocycles. The Balaban J connectivity index is 1.93. The van der Waals surface area contributed by atoms with E-state index in [0.717, 1.165) is 26.2 Å². The summed E-state index contributed by atoms with van der Waals surface area (Å²) >= 11 is 0. The maximum atomic E-state index is 12.6. The van der Waals surface area contributed by atoms with Crippen LogP contribution in [0.3, 0.4) is 0 Å². The minimum atomic E-state index is -3.30. The molecule has 21 heavy (non-hydrogen) atoms. The third-order valence-corrected chi connectivity index (χ3v) is 6.01. The normalized spacial score (nSPS) is 29.3. The molecule has 0 amide bonds. The zero-order chi connectivity index (χ0) is 15.5. The minimum absolute atomic E-state index is 0.108. The molecule has 2 aliphatic rings. The Morgan fingerprint density at radius 3 is 2.57 bits per heavy atom. The number of sulfonamides is 1. The van der Waals surface area contributed by atoms with Crippen LogP contribution in [0.2, 0.25) is 0 Å². The predicted molar refractivity (Wildman–Crippen MR) is 82.8 cm³/mol. The fourth-order valence-corrected chi connectivity index (χ4v) is 4.82. The summed E-state index contributed by atoms with van der Waals surface area (Å²) in [6, 6.07) is -0.108. The first-order valence-electron chi connectivity index (χ1n) is 7.64. The van der Waals surface area contributed by atoms with Gasteiger partial charge in [-0.05, 0) is 20.5 Å². The van der Waals surface area contributed by atoms with Gasteiger partial charge in [-0.1, -0.05) is 0 Å². The Hall–Kier alpha value is -0.250. The highest BCUT2D eigenvalue weighted by Crippen LogP contribution is 2.22. The quantitative estimate of drug-likeness (QED) is 0.603. The van der Waals surface area contributed by atoms with Gasteiger partial charge in [-0.25, -0.2) is 8.42 Å². The number of piperazine rings is 1. The molecule has 2 atom stereocenters. The van der Waals surface area contributed by atoms with Crippen molar-refractivity contribution < 1.29 is 13.5 Å². The number of hydrogen-bond donors (Lipinski definition) is 2. The smallest absolute Gasteiger partial charge is 0.215 e. The van der Waals surface area contributed by atoms with Crippen LogP contribution in [-0.2, 0) is 10.0 Å². The summed E-state index contributed by atoms with van der Waals surface area (Å²) in [7, 11) is 0.551. The van der Waals surface area contributed by atoms with Crippen LogP contribution in [0.1, 0.15) is 6.42 Å². The molecule has 2 heterocycles. The second-order valence-corrected chi connectivity index (χ2v) is 8.32. The third kappa shape index (κ3) is 4.87. The number of nitrogens with zero attached hydrogens (tertiary/aromatic N) is 3. The van der Waals surface area contributed by atoms with Gasteiger partial charge in [-0.2, -0.15) is 4.31 Å². The van der Waals surface area contributed by atoms with Gasteiger partial charge in [0, 0.05) is 51.9 Å². The summed E-state index contributed by atoms with van der Waals surface area (Å²) in [5.74, 6) is 0.143. The standard InChI is InChI=1S/C13H28N4O3S/c1-15(2)10-12-9-13(18)11-17(12)21(19,20)8-7-16-5-3-14-4-6-16/h12-14,18H,3-11H2,1-2H3. The van der Waals surface area contributed by atoms with Gasteiger partial charge in [0.25, 0.3) is 0 Å². The second-order valence-electron chi connectivity index (χ2n) is 6.28. The molecule has 2 saturated heterocycles. The van der Waals surface area contributed by atoms with Crippen molar-refractivity contribution in [3.8, 4) is 0 Å². The fraction of sp³-hybridized carbons (Fsp3) is 1.00. The molecule has 2 aliphatic heterocycles. The highest BCUT2D eigenvalue weighted by Gasteiger charge is 2.38. The fourth-order valence-electron chi connectivity index (χ4n) is 3.09. The maximum Gasteiger partial charge on any atom is 0.215 e. The monoisotopic (exact) mass is 320 g/mol. The lowest BCUT2D eigenvalue weighted by molar-refractivity contribution is 0.188. The maximum absolute atomic E-state index is 12.6. The highest BCUT2D eigenvalue weighted by atomic mass is 32.2. The van der Waals surface area contributed by atoms with Gasteiger partial charge in [0.1, 0.15) is 0 Å². The molecular formula is C13H28N4O3S. The number of hydrogen-bond acceptors (Lipinski definition) is 6. The van der Waals surface area contributed by atoms with Crippen LogP contribution < -0.4 is 5.32 Å². The molecule has 0 spiro atoms. The zero-order valence-corrected chi connectivity index (χ0v) is 13.8. The van der Waals surface area contributed by atoms with Gasteiger partial charge in [-0.3, -0.25) is 4.90 Å². The van der Waals surface area contributed by atoms with E-state index in [9.17, 15) is 13.5 Å². The van der Waals surface area contributed by atoms with E-state index in [1.54, 1.807) is 0 Å². The summed E-state index contributed by atoms with van der Waals surface area (Å²) in [5.41, 5.74) is 0. The van der Waals surface area contributed by atoms with Gasteiger partial charge < -0.3 is 15.3 Å². The lowest BCUT2D eigenvalue weighted by Gasteiger charge is -2.29. The molecule has 0 aliphatic carbocycles. The van der Waals surface area contributed by atoms with Crippen LogP contribution in [0, 0.1) is 0 Å². The number of rotatable bonds is 6. The lowest BCUT2D eigenvalue weighted by Crippen LogP contribution is -2.47. The van der Waals surface area contributed by atoms with E-state index < -0.39 is 16.1 Å². The van der Waals surface area contributed by atoms with E-state index in [4.69, 9.17) is 0 Å². The van der Waals surface area contributed by atoms with E-state index in [1.807, 2.05) is 19.0 Å². The average Bonchev–Trinajstić information content (AvgIpc) is 2.78. The first-order chi connectivity index (χ1) is 9.88. The van der Waals surface area contributed by atoms with Crippen molar-refractivity contribution in [3.05, 3.63) is 0 Å². The molecule has 7 nitrogen and oxygen atoms in total. The molecule has 0 bridgehead atoms. The zero-order valence-electron chi connectivity index (χ0n) is 13.0. The molecule has 2 fully saturated rings. The molecule has 2 N–H and O–H groups in total. The summed E-state index contributed by atoms with van der Waals surface area (Å²) in [5, 5.41) is 13.1. The first kappa shape index (κ1) is 17.1. The molecule has 2 rings (SSSR count).